The average Bonchev–Trinajstić information content (AvgIpc) is 3.36. The molecule has 1 amide bonds. The maximum atomic E-state index is 12.4. The summed E-state index contributed by atoms with van der Waals surface area (Å²) >= 11 is 0. The fourth-order valence-corrected chi connectivity index (χ4v) is 4.12. The van der Waals surface area contributed by atoms with Gasteiger partial charge in [0.1, 0.15) is 11.8 Å². The molecule has 1 aliphatic carbocycles. The Morgan fingerprint density at radius 1 is 1.30 bits per heavy atom. The highest BCUT2D eigenvalue weighted by atomic mass is 16.6. The minimum absolute atomic E-state index is 0.0339. The van der Waals surface area contributed by atoms with E-state index in [4.69, 9.17) is 10.00 Å². The van der Waals surface area contributed by atoms with Gasteiger partial charge in [0.25, 0.3) is 0 Å². The van der Waals surface area contributed by atoms with E-state index in [1.54, 1.807) is 9.58 Å². The number of H-pyrrole nitrogens is 1. The number of carbonyl (C=O) groups is 1. The summed E-state index contributed by atoms with van der Waals surface area (Å²) in [5, 5.41) is 14.1. The van der Waals surface area contributed by atoms with Crippen molar-refractivity contribution in [3.8, 4) is 17.3 Å². The standard InChI is InChI=1S/C21H23N7O2/c1-26-13-15(12-24-26)18-10-17-19(2-3-23-20(17)25-18)27-4-6-28(7-5-27)21(29)30-16-8-14(9-16)11-22/h2-3,10,12-14,16H,4-9H2,1H3,(H,23,25)/t14-,16-. The normalized spacial score (nSPS) is 21.3. The molecule has 3 aromatic rings. The number of piperazine rings is 1. The van der Waals surface area contributed by atoms with Gasteiger partial charge >= 0.3 is 6.09 Å². The molecule has 4 heterocycles. The van der Waals surface area contributed by atoms with Crippen LogP contribution < -0.4 is 4.90 Å². The Bertz CT molecular complexity index is 1110. The largest absolute Gasteiger partial charge is 0.446 e. The predicted molar refractivity (Wildman–Crippen MR) is 111 cm³/mol. The molecular formula is C21H23N7O2. The summed E-state index contributed by atoms with van der Waals surface area (Å²) in [6, 6.07) is 6.34. The fourth-order valence-electron chi connectivity index (χ4n) is 4.12. The molecule has 3 aromatic heterocycles. The molecule has 5 rings (SSSR count). The van der Waals surface area contributed by atoms with Crippen molar-refractivity contribution < 1.29 is 9.53 Å². The average molecular weight is 405 g/mol. The Kier molecular flexibility index (Phi) is 4.54. The van der Waals surface area contributed by atoms with Gasteiger partial charge in [-0.05, 0) is 12.1 Å². The van der Waals surface area contributed by atoms with E-state index in [0.717, 1.165) is 41.1 Å². The van der Waals surface area contributed by atoms with Crippen LogP contribution >= 0.6 is 0 Å². The molecule has 30 heavy (non-hydrogen) atoms. The van der Waals surface area contributed by atoms with Crippen molar-refractivity contribution in [3.63, 3.8) is 0 Å². The van der Waals surface area contributed by atoms with Crippen molar-refractivity contribution >= 4 is 22.8 Å². The number of anilines is 1. The number of ether oxygens (including phenoxy) is 1. The van der Waals surface area contributed by atoms with E-state index < -0.39 is 0 Å². The summed E-state index contributed by atoms with van der Waals surface area (Å²) in [6.45, 7) is 2.67. The van der Waals surface area contributed by atoms with Gasteiger partial charge in [-0.25, -0.2) is 9.78 Å². The molecule has 1 saturated carbocycles. The number of nitrogens with one attached hydrogen (secondary N) is 1. The zero-order valence-electron chi connectivity index (χ0n) is 16.8. The van der Waals surface area contributed by atoms with Crippen LogP contribution in [0.1, 0.15) is 12.8 Å². The van der Waals surface area contributed by atoms with Crippen LogP contribution in [0.4, 0.5) is 10.5 Å². The van der Waals surface area contributed by atoms with E-state index in [9.17, 15) is 4.79 Å². The summed E-state index contributed by atoms with van der Waals surface area (Å²) in [6.07, 6.45) is 6.55. The van der Waals surface area contributed by atoms with Gasteiger partial charge in [0.15, 0.2) is 0 Å². The highest BCUT2D eigenvalue weighted by Crippen LogP contribution is 2.32. The molecule has 2 fully saturated rings. The van der Waals surface area contributed by atoms with Gasteiger partial charge in [-0.15, -0.1) is 0 Å². The number of nitrogens with zero attached hydrogens (tertiary/aromatic N) is 6. The van der Waals surface area contributed by atoms with Gasteiger partial charge < -0.3 is 19.5 Å². The minimum atomic E-state index is -0.267. The van der Waals surface area contributed by atoms with Crippen molar-refractivity contribution in [3.05, 3.63) is 30.7 Å². The molecule has 9 nitrogen and oxygen atoms in total. The minimum Gasteiger partial charge on any atom is -0.446 e. The van der Waals surface area contributed by atoms with Gasteiger partial charge in [0.2, 0.25) is 0 Å². The molecule has 0 unspecified atom stereocenters. The zero-order valence-corrected chi connectivity index (χ0v) is 16.8. The molecule has 0 aromatic carbocycles. The van der Waals surface area contributed by atoms with Crippen molar-refractivity contribution in [2.45, 2.75) is 18.9 Å². The number of pyridine rings is 1. The third-order valence-electron chi connectivity index (χ3n) is 5.95. The van der Waals surface area contributed by atoms with E-state index in [0.29, 0.717) is 25.9 Å². The lowest BCUT2D eigenvalue weighted by atomic mass is 9.84. The number of nitriles is 1. The Balaban J connectivity index is 1.26. The quantitative estimate of drug-likeness (QED) is 0.718. The summed E-state index contributed by atoms with van der Waals surface area (Å²) in [5.41, 5.74) is 3.94. The molecule has 1 saturated heterocycles. The maximum Gasteiger partial charge on any atom is 0.410 e. The number of aryl methyl sites for hydroxylation is 1. The van der Waals surface area contributed by atoms with Crippen LogP contribution in [0.2, 0.25) is 0 Å². The lowest BCUT2D eigenvalue weighted by Gasteiger charge is -2.37. The van der Waals surface area contributed by atoms with Crippen LogP contribution in [0.5, 0.6) is 0 Å². The van der Waals surface area contributed by atoms with Crippen molar-refractivity contribution in [2.75, 3.05) is 31.1 Å². The number of hydrogen-bond donors (Lipinski definition) is 1. The number of rotatable bonds is 3. The number of aromatic amines is 1. The first-order chi connectivity index (χ1) is 14.6. The van der Waals surface area contributed by atoms with Crippen LogP contribution in [0.3, 0.4) is 0 Å². The van der Waals surface area contributed by atoms with Gasteiger partial charge in [-0.2, -0.15) is 10.4 Å². The van der Waals surface area contributed by atoms with Gasteiger partial charge in [-0.1, -0.05) is 0 Å². The highest BCUT2D eigenvalue weighted by molar-refractivity contribution is 5.93. The predicted octanol–water partition coefficient (Wildman–Crippen LogP) is 2.52. The maximum absolute atomic E-state index is 12.4. The number of amides is 1. The van der Waals surface area contributed by atoms with Crippen LogP contribution in [0.15, 0.2) is 30.7 Å². The molecule has 2 aliphatic rings. The third kappa shape index (κ3) is 3.34. The first-order valence-corrected chi connectivity index (χ1v) is 10.2. The van der Waals surface area contributed by atoms with Crippen molar-refractivity contribution in [2.24, 2.45) is 13.0 Å². The van der Waals surface area contributed by atoms with Gasteiger partial charge in [0, 0.05) is 75.1 Å². The monoisotopic (exact) mass is 405 g/mol. The third-order valence-corrected chi connectivity index (χ3v) is 5.95. The summed E-state index contributed by atoms with van der Waals surface area (Å²) in [7, 11) is 1.90. The molecular weight excluding hydrogens is 382 g/mol. The van der Waals surface area contributed by atoms with Crippen LogP contribution in [-0.2, 0) is 11.8 Å². The molecule has 1 N–H and O–H groups in total. The van der Waals surface area contributed by atoms with Gasteiger partial charge in [-0.3, -0.25) is 4.68 Å². The summed E-state index contributed by atoms with van der Waals surface area (Å²) < 4.78 is 7.29. The molecule has 154 valence electrons. The number of fused-ring (bicyclic) bond motifs is 1. The topological polar surface area (TPSA) is 103 Å². The van der Waals surface area contributed by atoms with E-state index in [1.165, 1.54) is 0 Å². The van der Waals surface area contributed by atoms with Gasteiger partial charge in [0.05, 0.1) is 23.9 Å². The van der Waals surface area contributed by atoms with Crippen LogP contribution in [0, 0.1) is 17.2 Å². The van der Waals surface area contributed by atoms with E-state index in [1.807, 2.05) is 31.7 Å². The number of hydrogen-bond acceptors (Lipinski definition) is 6. The number of carbonyl (C=O) groups excluding carboxylic acids is 1. The second-order valence-corrected chi connectivity index (χ2v) is 7.96. The highest BCUT2D eigenvalue weighted by Gasteiger charge is 2.34. The SMILES string of the molecule is Cn1cc(-c2cc3c(N4CCN(C(=O)O[C@H]5C[C@H](C#N)C5)CC4)ccnc3[nH]2)cn1. The van der Waals surface area contributed by atoms with Crippen molar-refractivity contribution in [1.82, 2.24) is 24.6 Å². The second kappa shape index (κ2) is 7.37. The first kappa shape index (κ1) is 18.5. The van der Waals surface area contributed by atoms with Crippen LogP contribution in [-0.4, -0.2) is 63.0 Å². The summed E-state index contributed by atoms with van der Waals surface area (Å²) in [5.74, 6) is 0.0339. The van der Waals surface area contributed by atoms with Crippen molar-refractivity contribution in [1.29, 1.82) is 5.26 Å². The molecule has 9 heteroatoms. The van der Waals surface area contributed by atoms with Crippen LogP contribution in [0.25, 0.3) is 22.3 Å². The molecule has 0 atom stereocenters. The molecule has 0 radical (unpaired) electrons. The smallest absolute Gasteiger partial charge is 0.410 e. The Morgan fingerprint density at radius 3 is 2.80 bits per heavy atom. The van der Waals surface area contributed by atoms with E-state index in [2.05, 4.69) is 32.1 Å². The lowest BCUT2D eigenvalue weighted by Crippen LogP contribution is -2.50. The molecule has 0 spiro atoms. The van der Waals surface area contributed by atoms with E-state index in [-0.39, 0.29) is 18.1 Å². The Labute approximate surface area is 173 Å². The molecule has 0 bridgehead atoms. The second-order valence-electron chi connectivity index (χ2n) is 7.96. The zero-order chi connectivity index (χ0) is 20.7. The first-order valence-electron chi connectivity index (χ1n) is 10.2. The number of aromatic nitrogens is 4. The fraction of sp³-hybridized carbons (Fsp3) is 0.429. The lowest BCUT2D eigenvalue weighted by molar-refractivity contribution is 0.0107. The Hall–Kier alpha value is -3.54. The molecule has 1 aliphatic heterocycles. The summed E-state index contributed by atoms with van der Waals surface area (Å²) in [4.78, 5) is 24.3. The van der Waals surface area contributed by atoms with E-state index >= 15 is 0 Å². The Morgan fingerprint density at radius 2 is 2.10 bits per heavy atom.